The molecule has 0 atom stereocenters. The van der Waals surface area contributed by atoms with E-state index in [0.29, 0.717) is 12.1 Å². The van der Waals surface area contributed by atoms with Crippen LogP contribution in [0, 0.1) is 0 Å². The summed E-state index contributed by atoms with van der Waals surface area (Å²) in [5, 5.41) is 0. The van der Waals surface area contributed by atoms with Crippen LogP contribution in [0.2, 0.25) is 0 Å². The zero-order valence-electron chi connectivity index (χ0n) is 11.6. The number of sulfonamides is 1. The fourth-order valence-electron chi connectivity index (χ4n) is 1.71. The first-order valence-electron chi connectivity index (χ1n) is 6.45. The van der Waals surface area contributed by atoms with Crippen molar-refractivity contribution in [1.29, 1.82) is 0 Å². The maximum absolute atomic E-state index is 12.2. The number of nitrogens with two attached hydrogens (primary N) is 2. The highest BCUT2D eigenvalue weighted by atomic mass is 32.2. The number of benzene rings is 1. The first-order chi connectivity index (χ1) is 9.35. The van der Waals surface area contributed by atoms with Crippen LogP contribution in [0.4, 0.5) is 5.69 Å². The van der Waals surface area contributed by atoms with E-state index < -0.39 is 15.9 Å². The quantitative estimate of drug-likeness (QED) is 0.688. The van der Waals surface area contributed by atoms with Gasteiger partial charge in [0, 0.05) is 12.2 Å². The van der Waals surface area contributed by atoms with Gasteiger partial charge in [0.15, 0.2) is 0 Å². The monoisotopic (exact) mass is 299 g/mol. The first-order valence-corrected chi connectivity index (χ1v) is 8.06. The van der Waals surface area contributed by atoms with Crippen molar-refractivity contribution in [3.8, 4) is 0 Å². The molecule has 0 aliphatic rings. The molecule has 0 fully saturated rings. The lowest BCUT2D eigenvalue weighted by molar-refractivity contribution is -0.118. The van der Waals surface area contributed by atoms with Crippen LogP contribution in [0.25, 0.3) is 0 Å². The van der Waals surface area contributed by atoms with Gasteiger partial charge in [-0.05, 0) is 24.1 Å². The van der Waals surface area contributed by atoms with E-state index in [0.717, 1.165) is 16.3 Å². The van der Waals surface area contributed by atoms with Crippen molar-refractivity contribution in [2.24, 2.45) is 5.73 Å². The average molecular weight is 299 g/mol. The first kappa shape index (κ1) is 16.5. The van der Waals surface area contributed by atoms with Gasteiger partial charge in [0.1, 0.15) is 0 Å². The topological polar surface area (TPSA) is 106 Å². The third-order valence-corrected chi connectivity index (χ3v) is 4.67. The normalized spacial score (nSPS) is 11.7. The van der Waals surface area contributed by atoms with Crippen LogP contribution in [0.5, 0.6) is 0 Å². The molecule has 0 bridgehead atoms. The molecule has 4 N–H and O–H groups in total. The average Bonchev–Trinajstić information content (AvgIpc) is 2.38. The van der Waals surface area contributed by atoms with E-state index in [9.17, 15) is 13.2 Å². The van der Waals surface area contributed by atoms with Crippen molar-refractivity contribution in [2.45, 2.75) is 26.3 Å². The second-order valence-corrected chi connectivity index (χ2v) is 6.73. The second kappa shape index (κ2) is 7.25. The van der Waals surface area contributed by atoms with E-state index in [1.165, 1.54) is 0 Å². The molecule has 1 aromatic rings. The standard InChI is InChI=1S/C13H21N3O3S/c1-2-3-8-20(18,19)16(10-13(15)17)9-11-4-6-12(14)7-5-11/h4-7H,2-3,8-10,14H2,1H3,(H2,15,17). The Kier molecular flexibility index (Phi) is 5.97. The number of amides is 1. The summed E-state index contributed by atoms with van der Waals surface area (Å²) in [6.07, 6.45) is 1.32. The highest BCUT2D eigenvalue weighted by Crippen LogP contribution is 2.13. The number of carbonyl (C=O) groups is 1. The van der Waals surface area contributed by atoms with Gasteiger partial charge < -0.3 is 11.5 Å². The summed E-state index contributed by atoms with van der Waals surface area (Å²) in [6.45, 7) is 1.72. The highest BCUT2D eigenvalue weighted by Gasteiger charge is 2.23. The number of carbonyl (C=O) groups excluding carboxylic acids is 1. The lowest BCUT2D eigenvalue weighted by Gasteiger charge is -2.20. The van der Waals surface area contributed by atoms with E-state index in [1.807, 2.05) is 6.92 Å². The van der Waals surface area contributed by atoms with Crippen LogP contribution in [0.15, 0.2) is 24.3 Å². The maximum Gasteiger partial charge on any atom is 0.232 e. The smallest absolute Gasteiger partial charge is 0.232 e. The fourth-order valence-corrected chi connectivity index (χ4v) is 3.29. The van der Waals surface area contributed by atoms with Crippen LogP contribution >= 0.6 is 0 Å². The molecule has 20 heavy (non-hydrogen) atoms. The number of hydrogen-bond acceptors (Lipinski definition) is 4. The number of unbranched alkanes of at least 4 members (excludes halogenated alkanes) is 1. The van der Waals surface area contributed by atoms with Crippen molar-refractivity contribution in [1.82, 2.24) is 4.31 Å². The molecule has 0 saturated heterocycles. The van der Waals surface area contributed by atoms with E-state index in [-0.39, 0.29) is 18.8 Å². The zero-order valence-corrected chi connectivity index (χ0v) is 12.4. The molecule has 0 aliphatic heterocycles. The Balaban J connectivity index is 2.89. The summed E-state index contributed by atoms with van der Waals surface area (Å²) in [7, 11) is -3.49. The number of anilines is 1. The molecular formula is C13H21N3O3S. The Labute approximate surface area is 119 Å². The summed E-state index contributed by atoms with van der Waals surface area (Å²) in [5.41, 5.74) is 12.1. The summed E-state index contributed by atoms with van der Waals surface area (Å²) < 4.78 is 25.5. The number of hydrogen-bond donors (Lipinski definition) is 2. The van der Waals surface area contributed by atoms with Crippen molar-refractivity contribution in [3.05, 3.63) is 29.8 Å². The Morgan fingerprint density at radius 1 is 1.25 bits per heavy atom. The SMILES string of the molecule is CCCCS(=O)(=O)N(CC(N)=O)Cc1ccc(N)cc1. The lowest BCUT2D eigenvalue weighted by atomic mass is 10.2. The van der Waals surface area contributed by atoms with Gasteiger partial charge in [0.2, 0.25) is 15.9 Å². The molecule has 112 valence electrons. The van der Waals surface area contributed by atoms with Crippen molar-refractivity contribution in [2.75, 3.05) is 18.0 Å². The van der Waals surface area contributed by atoms with Crippen LogP contribution < -0.4 is 11.5 Å². The molecule has 0 radical (unpaired) electrons. The van der Waals surface area contributed by atoms with Crippen LogP contribution in [-0.4, -0.2) is 30.9 Å². The molecule has 0 saturated carbocycles. The molecular weight excluding hydrogens is 278 g/mol. The molecule has 6 nitrogen and oxygen atoms in total. The van der Waals surface area contributed by atoms with Crippen LogP contribution in [0.1, 0.15) is 25.3 Å². The fraction of sp³-hybridized carbons (Fsp3) is 0.462. The molecule has 1 aromatic carbocycles. The van der Waals surface area contributed by atoms with Gasteiger partial charge in [-0.25, -0.2) is 8.42 Å². The van der Waals surface area contributed by atoms with Gasteiger partial charge >= 0.3 is 0 Å². The molecule has 0 aromatic heterocycles. The van der Waals surface area contributed by atoms with Gasteiger partial charge in [-0.3, -0.25) is 4.79 Å². The predicted molar refractivity (Wildman–Crippen MR) is 79.2 cm³/mol. The summed E-state index contributed by atoms with van der Waals surface area (Å²) >= 11 is 0. The molecule has 0 spiro atoms. The van der Waals surface area contributed by atoms with Crippen molar-refractivity contribution >= 4 is 21.6 Å². The van der Waals surface area contributed by atoms with E-state index in [4.69, 9.17) is 11.5 Å². The Hall–Kier alpha value is -1.60. The summed E-state index contributed by atoms with van der Waals surface area (Å²) in [5.74, 6) is -0.647. The van der Waals surface area contributed by atoms with Gasteiger partial charge in [0.25, 0.3) is 0 Å². The molecule has 0 unspecified atom stereocenters. The zero-order chi connectivity index (χ0) is 15.2. The summed E-state index contributed by atoms with van der Waals surface area (Å²) in [6, 6.07) is 6.85. The Morgan fingerprint density at radius 2 is 1.85 bits per heavy atom. The number of primary amides is 1. The minimum atomic E-state index is -3.49. The highest BCUT2D eigenvalue weighted by molar-refractivity contribution is 7.89. The van der Waals surface area contributed by atoms with Crippen molar-refractivity contribution < 1.29 is 13.2 Å². The number of nitrogens with zero attached hydrogens (tertiary/aromatic N) is 1. The molecule has 7 heteroatoms. The Bertz CT molecular complexity index is 540. The molecule has 1 amide bonds. The predicted octanol–water partition coefficient (Wildman–Crippen LogP) is 0.686. The van der Waals surface area contributed by atoms with E-state index >= 15 is 0 Å². The molecule has 1 rings (SSSR count). The van der Waals surface area contributed by atoms with Crippen LogP contribution in [0.3, 0.4) is 0 Å². The van der Waals surface area contributed by atoms with Gasteiger partial charge in [-0.1, -0.05) is 25.5 Å². The number of nitrogen functional groups attached to an aromatic ring is 1. The third kappa shape index (κ3) is 5.18. The largest absolute Gasteiger partial charge is 0.399 e. The number of rotatable bonds is 8. The molecule has 0 aliphatic carbocycles. The minimum absolute atomic E-state index is 0.0196. The van der Waals surface area contributed by atoms with Crippen LogP contribution in [-0.2, 0) is 21.4 Å². The van der Waals surface area contributed by atoms with Gasteiger partial charge in [-0.2, -0.15) is 4.31 Å². The maximum atomic E-state index is 12.2. The summed E-state index contributed by atoms with van der Waals surface area (Å²) in [4.78, 5) is 11.1. The molecule has 0 heterocycles. The van der Waals surface area contributed by atoms with Gasteiger partial charge in [-0.15, -0.1) is 0 Å². The Morgan fingerprint density at radius 3 is 2.35 bits per heavy atom. The van der Waals surface area contributed by atoms with Crippen molar-refractivity contribution in [3.63, 3.8) is 0 Å². The second-order valence-electron chi connectivity index (χ2n) is 4.65. The minimum Gasteiger partial charge on any atom is -0.399 e. The third-order valence-electron chi connectivity index (χ3n) is 2.82. The van der Waals surface area contributed by atoms with E-state index in [2.05, 4.69) is 0 Å². The van der Waals surface area contributed by atoms with E-state index in [1.54, 1.807) is 24.3 Å². The van der Waals surface area contributed by atoms with Gasteiger partial charge in [0.05, 0.1) is 12.3 Å². The lowest BCUT2D eigenvalue weighted by Crippen LogP contribution is -2.39.